The molecule has 1 saturated heterocycles. The van der Waals surface area contributed by atoms with Crippen LogP contribution in [0.5, 0.6) is 0 Å². The van der Waals surface area contributed by atoms with E-state index in [0.717, 1.165) is 24.7 Å². The summed E-state index contributed by atoms with van der Waals surface area (Å²) in [5.41, 5.74) is -1.04. The second-order valence-corrected chi connectivity index (χ2v) is 5.61. The van der Waals surface area contributed by atoms with E-state index in [1.165, 1.54) is 0 Å². The summed E-state index contributed by atoms with van der Waals surface area (Å²) in [5.74, 6) is -0.865. The fraction of sp³-hybridized carbons (Fsp3) is 0.500. The number of nitrogens with one attached hydrogen (secondary N) is 2. The van der Waals surface area contributed by atoms with Crippen molar-refractivity contribution in [3.05, 3.63) is 34.1 Å². The van der Waals surface area contributed by atoms with Gasteiger partial charge in [-0.05, 0) is 24.9 Å². The molecule has 1 fully saturated rings. The van der Waals surface area contributed by atoms with Crippen molar-refractivity contribution in [1.82, 2.24) is 5.32 Å². The standard InChI is InChI=1S/C14H18FN3O3/c1-9(2)14(5-6-16-8-14)13(19)17-11-7-10(15)3-4-12(11)18(20)21/h3-4,7,9,16H,5-6,8H2,1-2H3,(H,17,19). The van der Waals surface area contributed by atoms with Gasteiger partial charge in [0.05, 0.1) is 10.3 Å². The van der Waals surface area contributed by atoms with E-state index in [1.54, 1.807) is 0 Å². The van der Waals surface area contributed by atoms with E-state index in [4.69, 9.17) is 0 Å². The van der Waals surface area contributed by atoms with Crippen molar-refractivity contribution in [1.29, 1.82) is 0 Å². The second-order valence-electron chi connectivity index (χ2n) is 5.61. The third-order valence-electron chi connectivity index (χ3n) is 4.15. The quantitative estimate of drug-likeness (QED) is 0.659. The van der Waals surface area contributed by atoms with Gasteiger partial charge in [0, 0.05) is 18.7 Å². The number of hydrogen-bond donors (Lipinski definition) is 2. The molecule has 7 heteroatoms. The third kappa shape index (κ3) is 2.87. The van der Waals surface area contributed by atoms with E-state index in [0.29, 0.717) is 13.0 Å². The summed E-state index contributed by atoms with van der Waals surface area (Å²) in [5, 5.41) is 16.6. The number of hydrogen-bond acceptors (Lipinski definition) is 4. The number of nitrogens with zero attached hydrogens (tertiary/aromatic N) is 1. The highest BCUT2D eigenvalue weighted by Crippen LogP contribution is 2.36. The van der Waals surface area contributed by atoms with E-state index in [9.17, 15) is 19.3 Å². The van der Waals surface area contributed by atoms with Crippen molar-refractivity contribution in [2.45, 2.75) is 20.3 Å². The van der Waals surface area contributed by atoms with Crippen LogP contribution in [0.15, 0.2) is 18.2 Å². The first-order valence-electron chi connectivity index (χ1n) is 6.83. The first-order chi connectivity index (χ1) is 9.86. The number of carbonyl (C=O) groups excluding carboxylic acids is 1. The average molecular weight is 295 g/mol. The van der Waals surface area contributed by atoms with Crippen LogP contribution in [-0.4, -0.2) is 23.9 Å². The molecule has 0 radical (unpaired) electrons. The van der Waals surface area contributed by atoms with E-state index in [1.807, 2.05) is 13.8 Å². The molecule has 2 rings (SSSR count). The minimum atomic E-state index is -0.635. The Labute approximate surface area is 121 Å². The average Bonchev–Trinajstić information content (AvgIpc) is 2.88. The van der Waals surface area contributed by atoms with Crippen molar-refractivity contribution in [2.24, 2.45) is 11.3 Å². The Hall–Kier alpha value is -2.02. The minimum absolute atomic E-state index is 0.0696. The van der Waals surface area contributed by atoms with Crippen LogP contribution in [0.4, 0.5) is 15.8 Å². The van der Waals surface area contributed by atoms with Gasteiger partial charge in [-0.25, -0.2) is 4.39 Å². The van der Waals surface area contributed by atoms with Crippen LogP contribution >= 0.6 is 0 Å². The van der Waals surface area contributed by atoms with Gasteiger partial charge in [-0.3, -0.25) is 14.9 Å². The van der Waals surface area contributed by atoms with Gasteiger partial charge in [0.1, 0.15) is 11.5 Å². The van der Waals surface area contributed by atoms with E-state index >= 15 is 0 Å². The van der Waals surface area contributed by atoms with Gasteiger partial charge in [-0.15, -0.1) is 0 Å². The molecule has 1 aliphatic heterocycles. The molecule has 2 N–H and O–H groups in total. The Bertz CT molecular complexity index is 569. The van der Waals surface area contributed by atoms with Gasteiger partial charge < -0.3 is 10.6 Å². The number of anilines is 1. The van der Waals surface area contributed by atoms with Crippen LogP contribution in [0.25, 0.3) is 0 Å². The summed E-state index contributed by atoms with van der Waals surface area (Å²) < 4.78 is 13.3. The van der Waals surface area contributed by atoms with Crippen LogP contribution in [0.1, 0.15) is 20.3 Å². The molecule has 1 amide bonds. The Balaban J connectivity index is 2.31. The van der Waals surface area contributed by atoms with Crippen molar-refractivity contribution in [3.8, 4) is 0 Å². The maximum absolute atomic E-state index is 13.3. The highest BCUT2D eigenvalue weighted by atomic mass is 19.1. The molecule has 21 heavy (non-hydrogen) atoms. The molecular formula is C14H18FN3O3. The number of carbonyl (C=O) groups is 1. The van der Waals surface area contributed by atoms with Gasteiger partial charge in [0.2, 0.25) is 5.91 Å². The lowest BCUT2D eigenvalue weighted by molar-refractivity contribution is -0.384. The summed E-state index contributed by atoms with van der Waals surface area (Å²) in [6.45, 7) is 5.11. The molecule has 1 unspecified atom stereocenters. The number of benzene rings is 1. The van der Waals surface area contributed by atoms with Crippen molar-refractivity contribution < 1.29 is 14.1 Å². The number of rotatable bonds is 4. The summed E-state index contributed by atoms with van der Waals surface area (Å²) in [4.78, 5) is 22.9. The smallest absolute Gasteiger partial charge is 0.292 e. The molecular weight excluding hydrogens is 277 g/mol. The molecule has 0 aromatic heterocycles. The summed E-state index contributed by atoms with van der Waals surface area (Å²) in [6, 6.07) is 3.04. The fourth-order valence-corrected chi connectivity index (χ4v) is 2.67. The van der Waals surface area contributed by atoms with Gasteiger partial charge in [0.25, 0.3) is 5.69 Å². The maximum atomic E-state index is 13.3. The van der Waals surface area contributed by atoms with Crippen molar-refractivity contribution in [3.63, 3.8) is 0 Å². The fourth-order valence-electron chi connectivity index (χ4n) is 2.67. The highest BCUT2D eigenvalue weighted by Gasteiger charge is 2.44. The lowest BCUT2D eigenvalue weighted by Crippen LogP contribution is -2.42. The molecule has 1 aliphatic rings. The first-order valence-corrected chi connectivity index (χ1v) is 6.83. The molecule has 6 nitrogen and oxygen atoms in total. The predicted molar refractivity (Wildman–Crippen MR) is 76.4 cm³/mol. The normalized spacial score (nSPS) is 21.5. The summed E-state index contributed by atoms with van der Waals surface area (Å²) in [7, 11) is 0. The number of amides is 1. The Morgan fingerprint density at radius 3 is 2.76 bits per heavy atom. The van der Waals surface area contributed by atoms with Gasteiger partial charge in [0.15, 0.2) is 0 Å². The molecule has 0 spiro atoms. The molecule has 114 valence electrons. The minimum Gasteiger partial charge on any atom is -0.320 e. The zero-order chi connectivity index (χ0) is 15.6. The number of nitro benzene ring substituents is 1. The largest absolute Gasteiger partial charge is 0.320 e. The van der Waals surface area contributed by atoms with Crippen LogP contribution in [0.3, 0.4) is 0 Å². The summed E-state index contributed by atoms with van der Waals surface area (Å²) >= 11 is 0. The zero-order valence-corrected chi connectivity index (χ0v) is 12.0. The molecule has 1 aromatic carbocycles. The Morgan fingerprint density at radius 1 is 1.52 bits per heavy atom. The van der Waals surface area contributed by atoms with Crippen LogP contribution < -0.4 is 10.6 Å². The van der Waals surface area contributed by atoms with Gasteiger partial charge in [-0.2, -0.15) is 0 Å². The SMILES string of the molecule is CC(C)C1(C(=O)Nc2cc(F)ccc2[N+](=O)[O-])CCNC1. The number of nitro groups is 1. The summed E-state index contributed by atoms with van der Waals surface area (Å²) in [6.07, 6.45) is 0.652. The molecule has 1 atom stereocenters. The Kier molecular flexibility index (Phi) is 4.22. The Morgan fingerprint density at radius 2 is 2.24 bits per heavy atom. The molecule has 0 aliphatic carbocycles. The molecule has 0 saturated carbocycles. The van der Waals surface area contributed by atoms with E-state index in [2.05, 4.69) is 10.6 Å². The van der Waals surface area contributed by atoms with Crippen molar-refractivity contribution in [2.75, 3.05) is 18.4 Å². The maximum Gasteiger partial charge on any atom is 0.292 e. The second kappa shape index (κ2) is 5.77. The van der Waals surface area contributed by atoms with E-state index < -0.39 is 16.2 Å². The van der Waals surface area contributed by atoms with E-state index in [-0.39, 0.29) is 23.2 Å². The lowest BCUT2D eigenvalue weighted by Gasteiger charge is -2.30. The monoisotopic (exact) mass is 295 g/mol. The molecule has 1 heterocycles. The topological polar surface area (TPSA) is 84.3 Å². The molecule has 1 aromatic rings. The lowest BCUT2D eigenvalue weighted by atomic mass is 9.75. The van der Waals surface area contributed by atoms with Crippen LogP contribution in [0, 0.1) is 27.3 Å². The van der Waals surface area contributed by atoms with Gasteiger partial charge in [-0.1, -0.05) is 13.8 Å². The highest BCUT2D eigenvalue weighted by molar-refractivity contribution is 5.97. The van der Waals surface area contributed by atoms with Gasteiger partial charge >= 0.3 is 0 Å². The first kappa shape index (κ1) is 15.4. The zero-order valence-electron chi connectivity index (χ0n) is 12.0. The third-order valence-corrected chi connectivity index (χ3v) is 4.15. The van der Waals surface area contributed by atoms with Crippen LogP contribution in [0.2, 0.25) is 0 Å². The molecule has 0 bridgehead atoms. The van der Waals surface area contributed by atoms with Crippen molar-refractivity contribution >= 4 is 17.3 Å². The van der Waals surface area contributed by atoms with Crippen LogP contribution in [-0.2, 0) is 4.79 Å². The number of halogens is 1. The predicted octanol–water partition coefficient (Wildman–Crippen LogP) is 2.31.